The lowest BCUT2D eigenvalue weighted by atomic mass is 10.2. The van der Waals surface area contributed by atoms with Crippen LogP contribution in [-0.2, 0) is 9.47 Å². The number of amides is 1. The molecule has 1 N–H and O–H groups in total. The molecule has 15 heavy (non-hydrogen) atoms. The van der Waals surface area contributed by atoms with Crippen LogP contribution in [0.2, 0.25) is 0 Å². The number of rotatable bonds is 2. The zero-order valence-corrected chi connectivity index (χ0v) is 9.47. The van der Waals surface area contributed by atoms with Gasteiger partial charge in [-0.15, -0.1) is 0 Å². The van der Waals surface area contributed by atoms with Gasteiger partial charge in [-0.25, -0.2) is 4.79 Å². The van der Waals surface area contributed by atoms with Crippen LogP contribution in [0, 0.1) is 0 Å². The molecule has 5 nitrogen and oxygen atoms in total. The highest BCUT2D eigenvalue weighted by atomic mass is 16.6. The van der Waals surface area contributed by atoms with Crippen LogP contribution >= 0.6 is 0 Å². The Morgan fingerprint density at radius 3 is 2.80 bits per heavy atom. The molecule has 0 spiro atoms. The van der Waals surface area contributed by atoms with Crippen LogP contribution in [0.3, 0.4) is 0 Å². The third kappa shape index (κ3) is 3.68. The molecule has 2 unspecified atom stereocenters. The molecule has 1 saturated heterocycles. The SMILES string of the molecule is CC(C)OC(=O)N1CC(C)OC(CO)C1. The van der Waals surface area contributed by atoms with Gasteiger partial charge < -0.3 is 19.5 Å². The van der Waals surface area contributed by atoms with Gasteiger partial charge in [0.25, 0.3) is 0 Å². The lowest BCUT2D eigenvalue weighted by Gasteiger charge is -2.35. The van der Waals surface area contributed by atoms with Crippen molar-refractivity contribution in [2.24, 2.45) is 0 Å². The number of nitrogens with zero attached hydrogens (tertiary/aromatic N) is 1. The molecule has 1 heterocycles. The summed E-state index contributed by atoms with van der Waals surface area (Å²) in [5, 5.41) is 8.99. The number of ether oxygens (including phenoxy) is 2. The van der Waals surface area contributed by atoms with Gasteiger partial charge in [0.05, 0.1) is 38.0 Å². The summed E-state index contributed by atoms with van der Waals surface area (Å²) in [6.07, 6.45) is -0.814. The first-order valence-corrected chi connectivity index (χ1v) is 5.24. The van der Waals surface area contributed by atoms with Gasteiger partial charge in [-0.2, -0.15) is 0 Å². The molecule has 1 aliphatic heterocycles. The number of carbonyl (C=O) groups excluding carboxylic acids is 1. The molecule has 0 aromatic heterocycles. The van der Waals surface area contributed by atoms with Gasteiger partial charge >= 0.3 is 6.09 Å². The van der Waals surface area contributed by atoms with E-state index < -0.39 is 0 Å². The average molecular weight is 217 g/mol. The second-order valence-corrected chi connectivity index (χ2v) is 4.09. The van der Waals surface area contributed by atoms with E-state index in [1.54, 1.807) is 4.90 Å². The minimum Gasteiger partial charge on any atom is -0.447 e. The molecule has 5 heteroatoms. The van der Waals surface area contributed by atoms with Crippen LogP contribution in [0.25, 0.3) is 0 Å². The van der Waals surface area contributed by atoms with Crippen molar-refractivity contribution < 1.29 is 19.4 Å². The maximum Gasteiger partial charge on any atom is 0.410 e. The topological polar surface area (TPSA) is 59.0 Å². The van der Waals surface area contributed by atoms with Crippen LogP contribution in [-0.4, -0.2) is 54.1 Å². The largest absolute Gasteiger partial charge is 0.447 e. The fraction of sp³-hybridized carbons (Fsp3) is 0.900. The van der Waals surface area contributed by atoms with E-state index in [9.17, 15) is 4.79 Å². The summed E-state index contributed by atoms with van der Waals surface area (Å²) in [4.78, 5) is 13.2. The van der Waals surface area contributed by atoms with E-state index in [-0.39, 0.29) is 31.0 Å². The lowest BCUT2D eigenvalue weighted by Crippen LogP contribution is -2.50. The molecular weight excluding hydrogens is 198 g/mol. The molecule has 1 rings (SSSR count). The molecule has 0 bridgehead atoms. The first kappa shape index (κ1) is 12.3. The molecule has 1 amide bonds. The molecule has 1 fully saturated rings. The van der Waals surface area contributed by atoms with Crippen molar-refractivity contribution >= 4 is 6.09 Å². The Balaban J connectivity index is 2.50. The Bertz CT molecular complexity index is 219. The lowest BCUT2D eigenvalue weighted by molar-refractivity contribution is -0.0916. The van der Waals surface area contributed by atoms with Crippen molar-refractivity contribution in [1.82, 2.24) is 4.90 Å². The number of carbonyl (C=O) groups is 1. The smallest absolute Gasteiger partial charge is 0.410 e. The Morgan fingerprint density at radius 1 is 1.60 bits per heavy atom. The quantitative estimate of drug-likeness (QED) is 0.736. The van der Waals surface area contributed by atoms with Crippen molar-refractivity contribution in [1.29, 1.82) is 0 Å². The second kappa shape index (κ2) is 5.32. The number of hydrogen-bond donors (Lipinski definition) is 1. The first-order chi connectivity index (χ1) is 7.02. The fourth-order valence-electron chi connectivity index (χ4n) is 1.57. The number of aliphatic hydroxyl groups excluding tert-OH is 1. The van der Waals surface area contributed by atoms with Crippen molar-refractivity contribution in [2.75, 3.05) is 19.7 Å². The molecular formula is C10H19NO4. The third-order valence-electron chi connectivity index (χ3n) is 2.12. The Labute approximate surface area is 90.0 Å². The van der Waals surface area contributed by atoms with Crippen molar-refractivity contribution in [3.8, 4) is 0 Å². The molecule has 2 atom stereocenters. The highest BCUT2D eigenvalue weighted by Gasteiger charge is 2.29. The maximum absolute atomic E-state index is 11.6. The highest BCUT2D eigenvalue weighted by molar-refractivity contribution is 5.68. The van der Waals surface area contributed by atoms with Gasteiger partial charge in [-0.3, -0.25) is 0 Å². The highest BCUT2D eigenvalue weighted by Crippen LogP contribution is 2.12. The summed E-state index contributed by atoms with van der Waals surface area (Å²) >= 11 is 0. The number of aliphatic hydroxyl groups is 1. The Kier molecular flexibility index (Phi) is 4.35. The van der Waals surface area contributed by atoms with Crippen molar-refractivity contribution in [3.05, 3.63) is 0 Å². The predicted molar refractivity (Wildman–Crippen MR) is 54.6 cm³/mol. The summed E-state index contributed by atoms with van der Waals surface area (Å²) < 4.78 is 10.5. The normalized spacial score (nSPS) is 26.9. The molecule has 0 radical (unpaired) electrons. The average Bonchev–Trinajstić information content (AvgIpc) is 2.15. The summed E-state index contributed by atoms with van der Waals surface area (Å²) in [6, 6.07) is 0. The van der Waals surface area contributed by atoms with E-state index in [1.807, 2.05) is 20.8 Å². The van der Waals surface area contributed by atoms with Crippen molar-refractivity contribution in [3.63, 3.8) is 0 Å². The summed E-state index contributed by atoms with van der Waals surface area (Å²) in [5.74, 6) is 0. The molecule has 0 aliphatic carbocycles. The molecule has 1 aliphatic rings. The Hall–Kier alpha value is -0.810. The van der Waals surface area contributed by atoms with Gasteiger partial charge in [0.15, 0.2) is 0 Å². The minimum atomic E-state index is -0.335. The second-order valence-electron chi connectivity index (χ2n) is 4.09. The van der Waals surface area contributed by atoms with Crippen LogP contribution in [0.5, 0.6) is 0 Å². The van der Waals surface area contributed by atoms with Gasteiger partial charge in [-0.1, -0.05) is 0 Å². The van der Waals surface area contributed by atoms with Crippen LogP contribution < -0.4 is 0 Å². The third-order valence-corrected chi connectivity index (χ3v) is 2.12. The predicted octanol–water partition coefficient (Wildman–Crippen LogP) is 0.613. The molecule has 0 aromatic rings. The van der Waals surface area contributed by atoms with Gasteiger partial charge in [0.1, 0.15) is 0 Å². The zero-order chi connectivity index (χ0) is 11.4. The molecule has 0 aromatic carbocycles. The first-order valence-electron chi connectivity index (χ1n) is 5.24. The van der Waals surface area contributed by atoms with Gasteiger partial charge in [-0.05, 0) is 20.8 Å². The van der Waals surface area contributed by atoms with Crippen LogP contribution in [0.1, 0.15) is 20.8 Å². The van der Waals surface area contributed by atoms with E-state index in [1.165, 1.54) is 0 Å². The Morgan fingerprint density at radius 2 is 2.27 bits per heavy atom. The number of hydrogen-bond acceptors (Lipinski definition) is 4. The van der Waals surface area contributed by atoms with Gasteiger partial charge in [0, 0.05) is 0 Å². The fourth-order valence-corrected chi connectivity index (χ4v) is 1.57. The molecule has 0 saturated carbocycles. The summed E-state index contributed by atoms with van der Waals surface area (Å²) in [7, 11) is 0. The van der Waals surface area contributed by atoms with E-state index in [2.05, 4.69) is 0 Å². The standard InChI is InChI=1S/C10H19NO4/c1-7(2)14-10(13)11-4-8(3)15-9(5-11)6-12/h7-9,12H,4-6H2,1-3H3. The van der Waals surface area contributed by atoms with E-state index in [4.69, 9.17) is 14.6 Å². The summed E-state index contributed by atoms with van der Waals surface area (Å²) in [5.41, 5.74) is 0. The van der Waals surface area contributed by atoms with Crippen molar-refractivity contribution in [2.45, 2.75) is 39.1 Å². The van der Waals surface area contributed by atoms with E-state index in [0.29, 0.717) is 13.1 Å². The minimum absolute atomic E-state index is 0.0596. The summed E-state index contributed by atoms with van der Waals surface area (Å²) in [6.45, 7) is 6.33. The number of morpholine rings is 1. The maximum atomic E-state index is 11.6. The van der Waals surface area contributed by atoms with Crippen LogP contribution in [0.15, 0.2) is 0 Å². The zero-order valence-electron chi connectivity index (χ0n) is 9.47. The van der Waals surface area contributed by atoms with Crippen LogP contribution in [0.4, 0.5) is 4.79 Å². The molecule has 88 valence electrons. The van der Waals surface area contributed by atoms with E-state index in [0.717, 1.165) is 0 Å². The van der Waals surface area contributed by atoms with Gasteiger partial charge in [0.2, 0.25) is 0 Å². The van der Waals surface area contributed by atoms with E-state index >= 15 is 0 Å². The monoisotopic (exact) mass is 217 g/mol.